The van der Waals surface area contributed by atoms with E-state index in [-0.39, 0.29) is 16.4 Å². The molecule has 1 aromatic carbocycles. The van der Waals surface area contributed by atoms with Gasteiger partial charge in [-0.2, -0.15) is 0 Å². The van der Waals surface area contributed by atoms with Crippen LogP contribution in [0.1, 0.15) is 24.8 Å². The fourth-order valence-corrected chi connectivity index (χ4v) is 3.14. The van der Waals surface area contributed by atoms with Gasteiger partial charge in [0.25, 0.3) is 17.5 Å². The van der Waals surface area contributed by atoms with Crippen LogP contribution in [0.5, 0.6) is 0 Å². The number of nitrogens with one attached hydrogen (secondary N) is 2. The van der Waals surface area contributed by atoms with Gasteiger partial charge in [0.05, 0.1) is 4.92 Å². The molecule has 2 amide bonds. The van der Waals surface area contributed by atoms with Crippen LogP contribution in [0, 0.1) is 10.1 Å². The molecule has 2 fully saturated rings. The number of piperidine rings is 1. The molecular weight excluding hydrogens is 344 g/mol. The molecule has 2 heterocycles. The fourth-order valence-electron chi connectivity index (χ4n) is 2.95. The molecule has 130 valence electrons. The van der Waals surface area contributed by atoms with Crippen LogP contribution in [0.15, 0.2) is 23.8 Å². The fraction of sp³-hybridized carbons (Fsp3) is 0.312. The van der Waals surface area contributed by atoms with E-state index in [1.54, 1.807) is 12.1 Å². The predicted molar refractivity (Wildman–Crippen MR) is 96.0 cm³/mol. The van der Waals surface area contributed by atoms with E-state index in [2.05, 4.69) is 10.6 Å². The summed E-state index contributed by atoms with van der Waals surface area (Å²) >= 11 is 4.74. The van der Waals surface area contributed by atoms with E-state index in [4.69, 9.17) is 12.2 Å². The summed E-state index contributed by atoms with van der Waals surface area (Å²) in [5.74, 6) is -1.26. The number of thiocarbonyl (C=S) groups is 1. The molecule has 0 unspecified atom stereocenters. The standard InChI is InChI=1S/C16H16N4O4S/c21-14-11(15(22)18-16(25)17-14)8-10-4-5-12(13(9-10)20(23)24)19-6-2-1-3-7-19/h4-5,8-9H,1-3,6-7H2,(H2,17,18,21,22,25). The molecule has 9 heteroatoms. The van der Waals surface area contributed by atoms with E-state index in [0.717, 1.165) is 32.4 Å². The van der Waals surface area contributed by atoms with E-state index in [0.29, 0.717) is 11.3 Å². The summed E-state index contributed by atoms with van der Waals surface area (Å²) in [6.07, 6.45) is 4.45. The maximum Gasteiger partial charge on any atom is 0.293 e. The molecule has 1 aromatic rings. The van der Waals surface area contributed by atoms with Gasteiger partial charge in [0.1, 0.15) is 11.3 Å². The molecule has 0 spiro atoms. The third-order valence-electron chi connectivity index (χ3n) is 4.15. The molecule has 0 aliphatic carbocycles. The van der Waals surface area contributed by atoms with Gasteiger partial charge in [-0.3, -0.25) is 30.3 Å². The number of anilines is 1. The van der Waals surface area contributed by atoms with Crippen LogP contribution >= 0.6 is 12.2 Å². The van der Waals surface area contributed by atoms with E-state index in [1.165, 1.54) is 12.1 Å². The molecule has 2 aliphatic heterocycles. The number of nitro benzene ring substituents is 1. The van der Waals surface area contributed by atoms with Crippen LogP contribution in [-0.2, 0) is 9.59 Å². The Morgan fingerprint density at radius 2 is 1.76 bits per heavy atom. The minimum atomic E-state index is -0.628. The molecule has 0 aromatic heterocycles. The van der Waals surface area contributed by atoms with Gasteiger partial charge in [-0.05, 0) is 49.2 Å². The Labute approximate surface area is 149 Å². The lowest BCUT2D eigenvalue weighted by atomic mass is 10.1. The number of carbonyl (C=O) groups is 2. The molecule has 0 bridgehead atoms. The molecule has 2 N–H and O–H groups in total. The molecule has 0 radical (unpaired) electrons. The number of hydrogen-bond acceptors (Lipinski definition) is 6. The number of hydrogen-bond donors (Lipinski definition) is 2. The lowest BCUT2D eigenvalue weighted by molar-refractivity contribution is -0.384. The molecule has 3 rings (SSSR count). The van der Waals surface area contributed by atoms with Crippen molar-refractivity contribution < 1.29 is 14.5 Å². The second-order valence-corrected chi connectivity index (χ2v) is 6.26. The second-order valence-electron chi connectivity index (χ2n) is 5.85. The van der Waals surface area contributed by atoms with E-state index in [9.17, 15) is 19.7 Å². The van der Waals surface area contributed by atoms with Crippen molar-refractivity contribution in [3.8, 4) is 0 Å². The van der Waals surface area contributed by atoms with Gasteiger partial charge in [0.2, 0.25) is 0 Å². The van der Waals surface area contributed by atoms with Crippen LogP contribution in [0.2, 0.25) is 0 Å². The Balaban J connectivity index is 1.95. The highest BCUT2D eigenvalue weighted by atomic mass is 32.1. The van der Waals surface area contributed by atoms with Gasteiger partial charge in [-0.15, -0.1) is 0 Å². The Morgan fingerprint density at radius 3 is 2.36 bits per heavy atom. The van der Waals surface area contributed by atoms with Crippen molar-refractivity contribution in [2.75, 3.05) is 18.0 Å². The second kappa shape index (κ2) is 6.98. The first-order chi connectivity index (χ1) is 12.0. The summed E-state index contributed by atoms with van der Waals surface area (Å²) in [7, 11) is 0. The number of carbonyl (C=O) groups excluding carboxylic acids is 2. The van der Waals surface area contributed by atoms with Gasteiger partial charge >= 0.3 is 0 Å². The highest BCUT2D eigenvalue weighted by Gasteiger charge is 2.26. The van der Waals surface area contributed by atoms with Crippen LogP contribution in [0.4, 0.5) is 11.4 Å². The molecule has 2 aliphatic rings. The number of amides is 2. The highest BCUT2D eigenvalue weighted by Crippen LogP contribution is 2.32. The maximum absolute atomic E-state index is 11.9. The summed E-state index contributed by atoms with van der Waals surface area (Å²) in [6, 6.07) is 4.71. The number of nitro groups is 1. The average molecular weight is 360 g/mol. The van der Waals surface area contributed by atoms with Crippen molar-refractivity contribution in [2.45, 2.75) is 19.3 Å². The van der Waals surface area contributed by atoms with Crippen LogP contribution in [-0.4, -0.2) is 34.9 Å². The average Bonchev–Trinajstić information content (AvgIpc) is 2.58. The lowest BCUT2D eigenvalue weighted by Crippen LogP contribution is -2.51. The molecule has 25 heavy (non-hydrogen) atoms. The van der Waals surface area contributed by atoms with Gasteiger partial charge in [0, 0.05) is 19.2 Å². The lowest BCUT2D eigenvalue weighted by Gasteiger charge is -2.28. The normalized spacial score (nSPS) is 17.8. The number of nitrogens with zero attached hydrogens (tertiary/aromatic N) is 2. The Morgan fingerprint density at radius 1 is 1.12 bits per heavy atom. The summed E-state index contributed by atoms with van der Waals surface area (Å²) in [5, 5.41) is 16.1. The van der Waals surface area contributed by atoms with Crippen LogP contribution in [0.25, 0.3) is 6.08 Å². The molecule has 0 saturated carbocycles. The first-order valence-corrected chi connectivity index (χ1v) is 8.28. The largest absolute Gasteiger partial charge is 0.366 e. The zero-order valence-corrected chi connectivity index (χ0v) is 14.1. The van der Waals surface area contributed by atoms with Crippen LogP contribution < -0.4 is 15.5 Å². The number of benzene rings is 1. The maximum atomic E-state index is 11.9. The first kappa shape index (κ1) is 17.0. The third kappa shape index (κ3) is 3.66. The molecular formula is C16H16N4O4S. The summed E-state index contributed by atoms with van der Waals surface area (Å²) in [5.41, 5.74) is 0.781. The molecule has 0 atom stereocenters. The third-order valence-corrected chi connectivity index (χ3v) is 4.35. The topological polar surface area (TPSA) is 105 Å². The number of rotatable bonds is 3. The summed E-state index contributed by atoms with van der Waals surface area (Å²) in [4.78, 5) is 36.8. The quantitative estimate of drug-likeness (QED) is 0.278. The van der Waals surface area contributed by atoms with Gasteiger partial charge < -0.3 is 4.90 Å². The van der Waals surface area contributed by atoms with Crippen molar-refractivity contribution in [1.82, 2.24) is 10.6 Å². The zero-order valence-electron chi connectivity index (χ0n) is 13.3. The van der Waals surface area contributed by atoms with Gasteiger partial charge in [0.15, 0.2) is 5.11 Å². The van der Waals surface area contributed by atoms with Crippen molar-refractivity contribution in [1.29, 1.82) is 0 Å². The summed E-state index contributed by atoms with van der Waals surface area (Å²) < 4.78 is 0. The first-order valence-electron chi connectivity index (χ1n) is 7.87. The van der Waals surface area contributed by atoms with E-state index >= 15 is 0 Å². The van der Waals surface area contributed by atoms with Gasteiger partial charge in [-0.1, -0.05) is 6.07 Å². The minimum Gasteiger partial charge on any atom is -0.366 e. The molecule has 8 nitrogen and oxygen atoms in total. The monoisotopic (exact) mass is 360 g/mol. The van der Waals surface area contributed by atoms with Crippen LogP contribution in [0.3, 0.4) is 0 Å². The van der Waals surface area contributed by atoms with Crippen molar-refractivity contribution in [3.63, 3.8) is 0 Å². The highest BCUT2D eigenvalue weighted by molar-refractivity contribution is 7.80. The smallest absolute Gasteiger partial charge is 0.293 e. The van der Waals surface area contributed by atoms with E-state index in [1.807, 2.05) is 4.90 Å². The summed E-state index contributed by atoms with van der Waals surface area (Å²) in [6.45, 7) is 1.56. The van der Waals surface area contributed by atoms with Crippen molar-refractivity contribution in [2.24, 2.45) is 0 Å². The van der Waals surface area contributed by atoms with E-state index < -0.39 is 16.7 Å². The van der Waals surface area contributed by atoms with Gasteiger partial charge in [-0.25, -0.2) is 0 Å². The SMILES string of the molecule is O=C1NC(=S)NC(=O)C1=Cc1ccc(N2CCCCC2)c([N+](=O)[O-])c1. The zero-order chi connectivity index (χ0) is 18.0. The Kier molecular flexibility index (Phi) is 4.75. The minimum absolute atomic E-state index is 0.0385. The predicted octanol–water partition coefficient (Wildman–Crippen LogP) is 1.50. The Hall–Kier alpha value is -2.81. The van der Waals surface area contributed by atoms with Crippen molar-refractivity contribution in [3.05, 3.63) is 39.4 Å². The van der Waals surface area contributed by atoms with Crippen molar-refractivity contribution >= 4 is 46.6 Å². The molecule has 2 saturated heterocycles. The Bertz CT molecular complexity index is 777.